The average molecular weight is 459 g/mol. The fourth-order valence-electron chi connectivity index (χ4n) is 3.09. The van der Waals surface area contributed by atoms with Crippen LogP contribution in [-0.2, 0) is 6.61 Å². The van der Waals surface area contributed by atoms with E-state index >= 15 is 0 Å². The number of anilines is 1. The Kier molecular flexibility index (Phi) is 6.80. The number of nitrogens with zero attached hydrogens (tertiary/aromatic N) is 2. The van der Waals surface area contributed by atoms with Crippen LogP contribution < -0.4 is 14.4 Å². The Morgan fingerprint density at radius 3 is 2.39 bits per heavy atom. The summed E-state index contributed by atoms with van der Waals surface area (Å²) in [4.78, 5) is 31.0. The van der Waals surface area contributed by atoms with E-state index in [1.54, 1.807) is 78.1 Å². The summed E-state index contributed by atoms with van der Waals surface area (Å²) in [5, 5.41) is 1.91. The molecule has 3 aromatic carbocycles. The van der Waals surface area contributed by atoms with Crippen molar-refractivity contribution in [2.45, 2.75) is 13.5 Å². The molecule has 0 spiro atoms. The van der Waals surface area contributed by atoms with Gasteiger partial charge in [-0.15, -0.1) is 11.3 Å². The summed E-state index contributed by atoms with van der Waals surface area (Å²) in [7, 11) is 1.71. The van der Waals surface area contributed by atoms with Gasteiger partial charge < -0.3 is 14.4 Å². The average Bonchev–Trinajstić information content (AvgIpc) is 3.37. The molecule has 0 radical (unpaired) electrons. The zero-order chi connectivity index (χ0) is 23.2. The van der Waals surface area contributed by atoms with E-state index in [1.807, 2.05) is 24.4 Å². The van der Waals surface area contributed by atoms with Crippen LogP contribution in [0.4, 0.5) is 5.69 Å². The number of hydrogen-bond donors (Lipinski definition) is 0. The zero-order valence-electron chi connectivity index (χ0n) is 18.2. The fraction of sp³-hybridized carbons (Fsp3) is 0.115. The molecule has 0 unspecified atom stereocenters. The van der Waals surface area contributed by atoms with Crippen molar-refractivity contribution >= 4 is 28.9 Å². The maximum absolute atomic E-state index is 12.7. The van der Waals surface area contributed by atoms with E-state index in [0.29, 0.717) is 34.9 Å². The number of aromatic nitrogens is 1. The number of benzene rings is 3. The minimum absolute atomic E-state index is 0.116. The van der Waals surface area contributed by atoms with Crippen LogP contribution in [0.25, 0.3) is 0 Å². The molecule has 1 heterocycles. The second-order valence-corrected chi connectivity index (χ2v) is 8.13. The number of thiazole rings is 1. The highest BCUT2D eigenvalue weighted by atomic mass is 32.1. The summed E-state index contributed by atoms with van der Waals surface area (Å²) < 4.78 is 11.2. The highest BCUT2D eigenvalue weighted by molar-refractivity contribution is 7.07. The van der Waals surface area contributed by atoms with Gasteiger partial charge in [0.05, 0.1) is 16.8 Å². The van der Waals surface area contributed by atoms with Crippen molar-refractivity contribution in [3.63, 3.8) is 0 Å². The first-order chi connectivity index (χ1) is 16.0. The maximum Gasteiger partial charge on any atom is 0.343 e. The number of rotatable bonds is 7. The van der Waals surface area contributed by atoms with Gasteiger partial charge in [0.15, 0.2) is 0 Å². The molecule has 7 heteroatoms. The summed E-state index contributed by atoms with van der Waals surface area (Å²) in [6, 6.07) is 21.0. The lowest BCUT2D eigenvalue weighted by Gasteiger charge is -2.18. The number of hydrogen-bond acceptors (Lipinski definition) is 6. The third-order valence-corrected chi connectivity index (χ3v) is 5.61. The quantitative estimate of drug-likeness (QED) is 0.269. The van der Waals surface area contributed by atoms with Gasteiger partial charge in [-0.05, 0) is 61.5 Å². The normalized spacial score (nSPS) is 10.5. The molecule has 166 valence electrons. The summed E-state index contributed by atoms with van der Waals surface area (Å²) >= 11 is 1.50. The monoisotopic (exact) mass is 458 g/mol. The Labute approximate surface area is 196 Å². The smallest absolute Gasteiger partial charge is 0.343 e. The van der Waals surface area contributed by atoms with E-state index in [1.165, 1.54) is 11.3 Å². The van der Waals surface area contributed by atoms with Crippen LogP contribution >= 0.6 is 11.3 Å². The molecule has 0 aliphatic rings. The molecule has 0 bridgehead atoms. The van der Waals surface area contributed by atoms with E-state index in [4.69, 9.17) is 9.47 Å². The molecule has 0 aliphatic heterocycles. The highest BCUT2D eigenvalue weighted by Gasteiger charge is 2.14. The first kappa shape index (κ1) is 22.2. The third kappa shape index (κ3) is 5.64. The summed E-state index contributed by atoms with van der Waals surface area (Å²) in [6.45, 7) is 2.31. The highest BCUT2D eigenvalue weighted by Crippen LogP contribution is 2.22. The van der Waals surface area contributed by atoms with Crippen LogP contribution in [0.15, 0.2) is 83.7 Å². The topological polar surface area (TPSA) is 68.7 Å². The van der Waals surface area contributed by atoms with Crippen molar-refractivity contribution in [1.29, 1.82) is 0 Å². The molecule has 4 rings (SSSR count). The van der Waals surface area contributed by atoms with Crippen molar-refractivity contribution in [3.8, 4) is 11.5 Å². The molecular formula is C26H22N2O4S. The SMILES string of the molecule is Cc1ccc(C(=O)N(C)c2ccc(OC(=O)c3cccc(OCc4cscn4)c3)cc2)cc1. The van der Waals surface area contributed by atoms with Crippen molar-refractivity contribution in [2.24, 2.45) is 0 Å². The van der Waals surface area contributed by atoms with Gasteiger partial charge in [0, 0.05) is 23.7 Å². The van der Waals surface area contributed by atoms with Crippen LogP contribution in [-0.4, -0.2) is 23.9 Å². The van der Waals surface area contributed by atoms with Crippen molar-refractivity contribution < 1.29 is 19.1 Å². The second kappa shape index (κ2) is 10.1. The number of esters is 1. The lowest BCUT2D eigenvalue weighted by atomic mass is 10.1. The predicted octanol–water partition coefficient (Wildman–Crippen LogP) is 5.53. The molecule has 0 fully saturated rings. The molecule has 1 amide bonds. The van der Waals surface area contributed by atoms with Gasteiger partial charge in [0.25, 0.3) is 5.91 Å². The van der Waals surface area contributed by atoms with E-state index in [-0.39, 0.29) is 5.91 Å². The lowest BCUT2D eigenvalue weighted by molar-refractivity contribution is 0.0734. The van der Waals surface area contributed by atoms with Gasteiger partial charge in [-0.3, -0.25) is 4.79 Å². The largest absolute Gasteiger partial charge is 0.487 e. The van der Waals surface area contributed by atoms with Gasteiger partial charge in [-0.25, -0.2) is 9.78 Å². The molecule has 0 saturated heterocycles. The predicted molar refractivity (Wildman–Crippen MR) is 128 cm³/mol. The molecule has 33 heavy (non-hydrogen) atoms. The van der Waals surface area contributed by atoms with E-state index in [0.717, 1.165) is 11.3 Å². The van der Waals surface area contributed by atoms with Crippen LogP contribution in [0.3, 0.4) is 0 Å². The van der Waals surface area contributed by atoms with Gasteiger partial charge in [0.1, 0.15) is 18.1 Å². The Morgan fingerprint density at radius 2 is 1.70 bits per heavy atom. The minimum atomic E-state index is -0.494. The molecule has 6 nitrogen and oxygen atoms in total. The minimum Gasteiger partial charge on any atom is -0.487 e. The first-order valence-corrected chi connectivity index (χ1v) is 11.2. The standard InChI is InChI=1S/C26H22N2O4S/c1-18-6-8-19(9-7-18)25(29)28(2)22-10-12-23(13-11-22)32-26(30)20-4-3-5-24(14-20)31-15-21-16-33-17-27-21/h3-14,16-17H,15H2,1-2H3. The van der Waals surface area contributed by atoms with Gasteiger partial charge >= 0.3 is 5.97 Å². The van der Waals surface area contributed by atoms with Crippen LogP contribution in [0.5, 0.6) is 11.5 Å². The summed E-state index contributed by atoms with van der Waals surface area (Å²) in [5.41, 5.74) is 5.35. The molecule has 0 saturated carbocycles. The lowest BCUT2D eigenvalue weighted by Crippen LogP contribution is -2.26. The summed E-state index contributed by atoms with van der Waals surface area (Å²) in [6.07, 6.45) is 0. The number of carbonyl (C=O) groups excluding carboxylic acids is 2. The fourth-order valence-corrected chi connectivity index (χ4v) is 3.63. The Balaban J connectivity index is 1.38. The maximum atomic E-state index is 12.7. The van der Waals surface area contributed by atoms with Crippen molar-refractivity contribution in [3.05, 3.63) is 106 Å². The third-order valence-electron chi connectivity index (χ3n) is 4.98. The number of ether oxygens (including phenoxy) is 2. The Bertz CT molecular complexity index is 1240. The molecule has 0 aliphatic carbocycles. The van der Waals surface area contributed by atoms with Crippen LogP contribution in [0.2, 0.25) is 0 Å². The number of amides is 1. The summed E-state index contributed by atoms with van der Waals surface area (Å²) in [5.74, 6) is 0.331. The number of aryl methyl sites for hydroxylation is 1. The van der Waals surface area contributed by atoms with E-state index in [9.17, 15) is 9.59 Å². The molecular weight excluding hydrogens is 436 g/mol. The Morgan fingerprint density at radius 1 is 0.939 bits per heavy atom. The van der Waals surface area contributed by atoms with Crippen LogP contribution in [0.1, 0.15) is 32.0 Å². The van der Waals surface area contributed by atoms with Gasteiger partial charge in [-0.1, -0.05) is 23.8 Å². The molecule has 1 aromatic heterocycles. The molecule has 0 atom stereocenters. The van der Waals surface area contributed by atoms with Crippen LogP contribution in [0, 0.1) is 6.92 Å². The van der Waals surface area contributed by atoms with E-state index in [2.05, 4.69) is 4.98 Å². The zero-order valence-corrected chi connectivity index (χ0v) is 19.0. The van der Waals surface area contributed by atoms with Gasteiger partial charge in [0.2, 0.25) is 0 Å². The van der Waals surface area contributed by atoms with Crippen molar-refractivity contribution in [1.82, 2.24) is 4.98 Å². The molecule has 4 aromatic rings. The Hall–Kier alpha value is -3.97. The number of carbonyl (C=O) groups is 2. The first-order valence-electron chi connectivity index (χ1n) is 10.3. The van der Waals surface area contributed by atoms with Gasteiger partial charge in [-0.2, -0.15) is 0 Å². The molecule has 0 N–H and O–H groups in total. The second-order valence-electron chi connectivity index (χ2n) is 7.41. The van der Waals surface area contributed by atoms with Crippen molar-refractivity contribution in [2.75, 3.05) is 11.9 Å². The van der Waals surface area contributed by atoms with E-state index < -0.39 is 5.97 Å².